The highest BCUT2D eigenvalue weighted by Crippen LogP contribution is 2.52. The Labute approximate surface area is 302 Å². The topological polar surface area (TPSA) is 3.24 Å². The molecule has 0 bridgehead atoms. The normalized spacial score (nSPS) is 13.1. The van der Waals surface area contributed by atoms with E-state index in [1.54, 1.807) is 0 Å². The summed E-state index contributed by atoms with van der Waals surface area (Å²) in [5, 5.41) is 5.07. The van der Waals surface area contributed by atoms with Crippen molar-refractivity contribution in [2.45, 2.75) is 19.3 Å². The highest BCUT2D eigenvalue weighted by molar-refractivity contribution is 7.25. The van der Waals surface area contributed by atoms with E-state index in [4.69, 9.17) is 0 Å². The molecule has 0 aliphatic heterocycles. The highest BCUT2D eigenvalue weighted by atomic mass is 32.1. The molecule has 9 aromatic rings. The van der Waals surface area contributed by atoms with Crippen LogP contribution in [-0.2, 0) is 5.41 Å². The van der Waals surface area contributed by atoms with Crippen molar-refractivity contribution in [3.05, 3.63) is 187 Å². The quantitative estimate of drug-likeness (QED) is 0.176. The number of fused-ring (bicyclic) bond motifs is 7. The lowest BCUT2D eigenvalue weighted by Crippen LogP contribution is -2.16. The third-order valence-corrected chi connectivity index (χ3v) is 12.0. The van der Waals surface area contributed by atoms with Crippen molar-refractivity contribution in [1.29, 1.82) is 0 Å². The molecule has 51 heavy (non-hydrogen) atoms. The van der Waals surface area contributed by atoms with Gasteiger partial charge in [0.2, 0.25) is 0 Å². The van der Waals surface area contributed by atoms with Crippen molar-refractivity contribution in [3.63, 3.8) is 0 Å². The second kappa shape index (κ2) is 11.6. The lowest BCUT2D eigenvalue weighted by molar-refractivity contribution is 0.662. The molecule has 10 rings (SSSR count). The Hall–Kier alpha value is -5.96. The first-order valence-corrected chi connectivity index (χ1v) is 18.5. The van der Waals surface area contributed by atoms with Crippen molar-refractivity contribution in [1.82, 2.24) is 0 Å². The van der Waals surface area contributed by atoms with Crippen LogP contribution in [0.2, 0.25) is 0 Å². The Morgan fingerprint density at radius 3 is 1.92 bits per heavy atom. The fourth-order valence-corrected chi connectivity index (χ4v) is 9.58. The molecular weight excluding hydrogens is 635 g/mol. The predicted molar refractivity (Wildman–Crippen MR) is 220 cm³/mol. The zero-order valence-corrected chi connectivity index (χ0v) is 29.4. The maximum absolute atomic E-state index is 2.45. The van der Waals surface area contributed by atoms with Gasteiger partial charge in [-0.05, 0) is 86.8 Å². The summed E-state index contributed by atoms with van der Waals surface area (Å²) in [7, 11) is 0. The van der Waals surface area contributed by atoms with E-state index >= 15 is 0 Å². The van der Waals surface area contributed by atoms with E-state index in [9.17, 15) is 0 Å². The van der Waals surface area contributed by atoms with Crippen LogP contribution in [0.5, 0.6) is 0 Å². The summed E-state index contributed by atoms with van der Waals surface area (Å²) in [6, 6.07) is 64.8. The fourth-order valence-electron chi connectivity index (χ4n) is 8.50. The summed E-state index contributed by atoms with van der Waals surface area (Å²) in [6.07, 6.45) is 0. The van der Waals surface area contributed by atoms with Gasteiger partial charge in [-0.2, -0.15) is 0 Å². The van der Waals surface area contributed by atoms with Gasteiger partial charge >= 0.3 is 0 Å². The molecule has 0 radical (unpaired) electrons. The van der Waals surface area contributed by atoms with Gasteiger partial charge in [0.1, 0.15) is 0 Å². The Balaban J connectivity index is 1.15. The first-order valence-electron chi connectivity index (χ1n) is 17.7. The summed E-state index contributed by atoms with van der Waals surface area (Å²) in [5.41, 5.74) is 13.8. The van der Waals surface area contributed by atoms with Gasteiger partial charge in [0, 0.05) is 42.2 Å². The number of anilines is 3. The maximum Gasteiger partial charge on any atom is 0.0540 e. The Bertz CT molecular complexity index is 2780. The molecule has 1 aliphatic carbocycles. The van der Waals surface area contributed by atoms with Gasteiger partial charge in [-0.1, -0.05) is 147 Å². The monoisotopic (exact) mass is 669 g/mol. The number of nitrogens with zero attached hydrogens (tertiary/aromatic N) is 1. The SMILES string of the molecule is CC1(C)c2ccccc2-c2cccc(-c3ccc(N(c4ccccc4-c4ccc5sc6ccccc6c5c4)c4cccc5ccccc45)cc3)c21. The zero-order chi connectivity index (χ0) is 34.1. The lowest BCUT2D eigenvalue weighted by Gasteiger charge is -2.29. The molecule has 0 N–H and O–H groups in total. The van der Waals surface area contributed by atoms with Crippen molar-refractivity contribution < 1.29 is 0 Å². The molecule has 0 spiro atoms. The summed E-state index contributed by atoms with van der Waals surface area (Å²) < 4.78 is 2.64. The second-order valence-corrected chi connectivity index (χ2v) is 15.2. The summed E-state index contributed by atoms with van der Waals surface area (Å²) in [4.78, 5) is 2.45. The van der Waals surface area contributed by atoms with Crippen LogP contribution in [0.25, 0.3) is 64.3 Å². The van der Waals surface area contributed by atoms with Gasteiger partial charge < -0.3 is 4.90 Å². The number of hydrogen-bond acceptors (Lipinski definition) is 2. The summed E-state index contributed by atoms with van der Waals surface area (Å²) in [5.74, 6) is 0. The van der Waals surface area contributed by atoms with Gasteiger partial charge in [0.15, 0.2) is 0 Å². The molecule has 0 amide bonds. The Morgan fingerprint density at radius 1 is 0.431 bits per heavy atom. The van der Waals surface area contributed by atoms with E-state index in [2.05, 4.69) is 195 Å². The van der Waals surface area contributed by atoms with E-state index < -0.39 is 0 Å². The molecular formula is C49H35NS. The van der Waals surface area contributed by atoms with Crippen LogP contribution >= 0.6 is 11.3 Å². The molecule has 1 aliphatic rings. The fraction of sp³-hybridized carbons (Fsp3) is 0.0612. The minimum Gasteiger partial charge on any atom is -0.309 e. The molecule has 242 valence electrons. The third kappa shape index (κ3) is 4.67. The molecule has 2 heteroatoms. The molecule has 1 aromatic heterocycles. The van der Waals surface area contributed by atoms with Crippen LogP contribution in [0.15, 0.2) is 176 Å². The van der Waals surface area contributed by atoms with Gasteiger partial charge in [-0.3, -0.25) is 0 Å². The van der Waals surface area contributed by atoms with Crippen LogP contribution in [0.4, 0.5) is 17.1 Å². The van der Waals surface area contributed by atoms with E-state index in [0.717, 1.165) is 17.1 Å². The van der Waals surface area contributed by atoms with Crippen LogP contribution in [0, 0.1) is 0 Å². The number of benzene rings is 8. The van der Waals surface area contributed by atoms with Crippen molar-refractivity contribution >= 4 is 59.3 Å². The average Bonchev–Trinajstić information content (AvgIpc) is 3.67. The first-order chi connectivity index (χ1) is 25.1. The number of hydrogen-bond donors (Lipinski definition) is 0. The smallest absolute Gasteiger partial charge is 0.0540 e. The predicted octanol–water partition coefficient (Wildman–Crippen LogP) is 14.3. The Kier molecular flexibility index (Phi) is 6.78. The van der Waals surface area contributed by atoms with Gasteiger partial charge in [0.05, 0.1) is 11.4 Å². The molecule has 1 heterocycles. The van der Waals surface area contributed by atoms with Gasteiger partial charge in [-0.25, -0.2) is 0 Å². The van der Waals surface area contributed by atoms with Gasteiger partial charge in [0.25, 0.3) is 0 Å². The zero-order valence-electron chi connectivity index (χ0n) is 28.6. The standard InChI is InChI=1S/C49H35NS/c1-49(2)43-21-8-5-17-39(43)41-20-12-19-38(48(41)49)33-25-28-35(29-26-33)50(45-23-11-14-32-13-3-4-15-36(32)45)44-22-9-6-16-37(44)34-27-30-47-42(31-34)40-18-7-10-24-46(40)51-47/h3-31H,1-2H3. The minimum atomic E-state index is -0.0794. The molecule has 0 fully saturated rings. The van der Waals surface area contributed by atoms with Crippen LogP contribution in [0.1, 0.15) is 25.0 Å². The number of rotatable bonds is 5. The molecule has 0 saturated heterocycles. The van der Waals surface area contributed by atoms with Crippen molar-refractivity contribution in [2.24, 2.45) is 0 Å². The van der Waals surface area contributed by atoms with Crippen molar-refractivity contribution in [2.75, 3.05) is 4.90 Å². The highest BCUT2D eigenvalue weighted by Gasteiger charge is 2.37. The minimum absolute atomic E-state index is 0.0794. The third-order valence-electron chi connectivity index (χ3n) is 10.9. The molecule has 0 unspecified atom stereocenters. The molecule has 0 atom stereocenters. The van der Waals surface area contributed by atoms with Crippen LogP contribution in [-0.4, -0.2) is 0 Å². The van der Waals surface area contributed by atoms with Crippen LogP contribution in [0.3, 0.4) is 0 Å². The molecule has 8 aromatic carbocycles. The number of thiophene rings is 1. The second-order valence-electron chi connectivity index (χ2n) is 14.1. The van der Waals surface area contributed by atoms with E-state index in [-0.39, 0.29) is 5.41 Å². The van der Waals surface area contributed by atoms with Crippen LogP contribution < -0.4 is 4.90 Å². The summed E-state index contributed by atoms with van der Waals surface area (Å²) in [6.45, 7) is 4.73. The lowest BCUT2D eigenvalue weighted by atomic mass is 9.79. The Morgan fingerprint density at radius 2 is 1.04 bits per heavy atom. The maximum atomic E-state index is 2.45. The van der Waals surface area contributed by atoms with E-state index in [0.29, 0.717) is 0 Å². The molecule has 1 nitrogen and oxygen atoms in total. The first kappa shape index (κ1) is 29.9. The van der Waals surface area contributed by atoms with Crippen molar-refractivity contribution in [3.8, 4) is 33.4 Å². The average molecular weight is 670 g/mol. The largest absolute Gasteiger partial charge is 0.309 e. The van der Waals surface area contributed by atoms with E-state index in [1.165, 1.54) is 75.5 Å². The summed E-state index contributed by atoms with van der Waals surface area (Å²) >= 11 is 1.86. The van der Waals surface area contributed by atoms with E-state index in [1.807, 2.05) is 11.3 Å². The number of para-hydroxylation sites is 1. The van der Waals surface area contributed by atoms with Gasteiger partial charge in [-0.15, -0.1) is 11.3 Å². The molecule has 0 saturated carbocycles.